The number of amides is 1. The molecule has 0 aromatic heterocycles. The highest BCUT2D eigenvalue weighted by atomic mass is 32.2. The summed E-state index contributed by atoms with van der Waals surface area (Å²) >= 11 is 0. The highest BCUT2D eigenvalue weighted by Crippen LogP contribution is 2.32. The van der Waals surface area contributed by atoms with Crippen LogP contribution < -0.4 is 19.1 Å². The zero-order valence-corrected chi connectivity index (χ0v) is 23.6. The van der Waals surface area contributed by atoms with Crippen LogP contribution in [0.4, 0.5) is 17.1 Å². The fraction of sp³-hybridized carbons (Fsp3) is 0.138. The van der Waals surface area contributed by atoms with Crippen molar-refractivity contribution in [1.82, 2.24) is 0 Å². The van der Waals surface area contributed by atoms with Gasteiger partial charge in [0.05, 0.1) is 22.1 Å². The largest absolute Gasteiger partial charge is 0.492 e. The van der Waals surface area contributed by atoms with Crippen LogP contribution in [0.25, 0.3) is 0 Å². The van der Waals surface area contributed by atoms with Crippen LogP contribution in [0.15, 0.2) is 113 Å². The molecule has 4 aromatic rings. The number of carbonyl (C=O) groups excluding carboxylic acids is 1. The van der Waals surface area contributed by atoms with E-state index < -0.39 is 32.5 Å². The Bertz CT molecular complexity index is 1690. The number of sulfonamides is 2. The monoisotopic (exact) mass is 579 g/mol. The molecule has 40 heavy (non-hydrogen) atoms. The maximum Gasteiger partial charge on any atom is 0.264 e. The van der Waals surface area contributed by atoms with Crippen molar-refractivity contribution in [1.29, 1.82) is 0 Å². The van der Waals surface area contributed by atoms with Gasteiger partial charge in [0.25, 0.3) is 20.0 Å². The average molecular weight is 580 g/mol. The number of nitrogens with zero attached hydrogens (tertiary/aromatic N) is 1. The summed E-state index contributed by atoms with van der Waals surface area (Å²) in [5, 5.41) is 2.65. The Labute approximate surface area is 234 Å². The van der Waals surface area contributed by atoms with E-state index >= 15 is 0 Å². The molecule has 0 fully saturated rings. The van der Waals surface area contributed by atoms with Crippen molar-refractivity contribution < 1.29 is 26.4 Å². The highest BCUT2D eigenvalue weighted by molar-refractivity contribution is 7.93. The number of carbonyl (C=O) groups is 1. The number of hydrogen-bond donors (Lipinski definition) is 2. The summed E-state index contributed by atoms with van der Waals surface area (Å²) in [6.07, 6.45) is 0. The second-order valence-electron chi connectivity index (χ2n) is 8.77. The van der Waals surface area contributed by atoms with Gasteiger partial charge in [0.1, 0.15) is 12.3 Å². The van der Waals surface area contributed by atoms with E-state index in [0.717, 1.165) is 9.87 Å². The van der Waals surface area contributed by atoms with Crippen molar-refractivity contribution >= 4 is 43.0 Å². The number of rotatable bonds is 11. The molecule has 0 spiro atoms. The third kappa shape index (κ3) is 6.80. The summed E-state index contributed by atoms with van der Waals surface area (Å²) < 4.78 is 62.0. The van der Waals surface area contributed by atoms with Crippen molar-refractivity contribution in [2.75, 3.05) is 27.5 Å². The molecule has 4 aromatic carbocycles. The van der Waals surface area contributed by atoms with Crippen molar-refractivity contribution in [3.8, 4) is 5.75 Å². The Hall–Kier alpha value is -4.35. The van der Waals surface area contributed by atoms with Gasteiger partial charge < -0.3 is 10.1 Å². The molecule has 208 valence electrons. The molecule has 0 aliphatic carbocycles. The van der Waals surface area contributed by atoms with Crippen LogP contribution in [0.2, 0.25) is 0 Å². The van der Waals surface area contributed by atoms with Crippen LogP contribution in [0.5, 0.6) is 5.75 Å². The first-order valence-corrected chi connectivity index (χ1v) is 15.3. The topological polar surface area (TPSA) is 122 Å². The Balaban J connectivity index is 1.56. The molecule has 9 nitrogen and oxygen atoms in total. The Morgan fingerprint density at radius 1 is 0.775 bits per heavy atom. The van der Waals surface area contributed by atoms with E-state index in [4.69, 9.17) is 4.74 Å². The van der Waals surface area contributed by atoms with Gasteiger partial charge >= 0.3 is 0 Å². The number of benzene rings is 4. The Kier molecular flexibility index (Phi) is 8.76. The number of aryl methyl sites for hydroxylation is 1. The van der Waals surface area contributed by atoms with Crippen molar-refractivity contribution in [2.24, 2.45) is 0 Å². The van der Waals surface area contributed by atoms with Crippen molar-refractivity contribution in [2.45, 2.75) is 23.6 Å². The van der Waals surface area contributed by atoms with E-state index in [1.165, 1.54) is 36.4 Å². The lowest BCUT2D eigenvalue weighted by Gasteiger charge is -2.26. The van der Waals surface area contributed by atoms with Crippen LogP contribution in [0, 0.1) is 6.92 Å². The van der Waals surface area contributed by atoms with E-state index in [0.29, 0.717) is 23.7 Å². The summed E-state index contributed by atoms with van der Waals surface area (Å²) in [6.45, 7) is 3.39. The zero-order chi connectivity index (χ0) is 28.8. The smallest absolute Gasteiger partial charge is 0.264 e. The molecule has 2 N–H and O–H groups in total. The minimum absolute atomic E-state index is 0.00549. The lowest BCUT2D eigenvalue weighted by Crippen LogP contribution is -2.38. The van der Waals surface area contributed by atoms with E-state index in [1.807, 2.05) is 13.0 Å². The van der Waals surface area contributed by atoms with E-state index in [9.17, 15) is 21.6 Å². The van der Waals surface area contributed by atoms with Gasteiger partial charge in [0, 0.05) is 11.4 Å². The molecule has 0 bridgehead atoms. The van der Waals surface area contributed by atoms with Gasteiger partial charge in [-0.3, -0.25) is 13.8 Å². The van der Waals surface area contributed by atoms with Gasteiger partial charge in [0.2, 0.25) is 5.91 Å². The van der Waals surface area contributed by atoms with Gasteiger partial charge in [-0.25, -0.2) is 16.8 Å². The van der Waals surface area contributed by atoms with Crippen LogP contribution in [-0.2, 0) is 24.8 Å². The first-order chi connectivity index (χ1) is 19.1. The summed E-state index contributed by atoms with van der Waals surface area (Å²) in [5.74, 6) is -0.313. The van der Waals surface area contributed by atoms with Gasteiger partial charge in [-0.15, -0.1) is 0 Å². The van der Waals surface area contributed by atoms with Gasteiger partial charge in [-0.2, -0.15) is 0 Å². The lowest BCUT2D eigenvalue weighted by molar-refractivity contribution is -0.114. The van der Waals surface area contributed by atoms with E-state index in [1.54, 1.807) is 67.6 Å². The van der Waals surface area contributed by atoms with Crippen molar-refractivity contribution in [3.63, 3.8) is 0 Å². The molecular weight excluding hydrogens is 550 g/mol. The molecule has 0 unspecified atom stereocenters. The van der Waals surface area contributed by atoms with Crippen molar-refractivity contribution in [3.05, 3.63) is 109 Å². The fourth-order valence-corrected chi connectivity index (χ4v) is 6.43. The first kappa shape index (κ1) is 28.7. The van der Waals surface area contributed by atoms with E-state index in [-0.39, 0.29) is 15.5 Å². The van der Waals surface area contributed by atoms with Crippen LogP contribution in [0.1, 0.15) is 12.5 Å². The number of hydrogen-bond acceptors (Lipinski definition) is 6. The average Bonchev–Trinajstić information content (AvgIpc) is 2.93. The minimum atomic E-state index is -4.14. The predicted molar refractivity (Wildman–Crippen MR) is 156 cm³/mol. The molecule has 1 amide bonds. The molecule has 0 saturated carbocycles. The molecule has 11 heteroatoms. The molecule has 0 atom stereocenters. The number of ether oxygens (including phenoxy) is 1. The standard InChI is InChI=1S/C29H29N3O6S2/c1-3-38-28-15-8-7-14-27(28)32(40(36,37)26-12-5-4-6-13-26)21-29(33)30-23-16-18-25(19-17-23)39(34,35)31-24-11-9-10-22(2)20-24/h4-20,31H,3,21H2,1-2H3,(H,30,33). The maximum atomic E-state index is 13.6. The predicted octanol–water partition coefficient (Wildman–Crippen LogP) is 5.03. The number of para-hydroxylation sites is 2. The second kappa shape index (κ2) is 12.2. The quantitative estimate of drug-likeness (QED) is 0.257. The van der Waals surface area contributed by atoms with Crippen LogP contribution >= 0.6 is 0 Å². The molecule has 0 aliphatic heterocycles. The third-order valence-electron chi connectivity index (χ3n) is 5.77. The number of anilines is 3. The second-order valence-corrected chi connectivity index (χ2v) is 12.3. The summed E-state index contributed by atoms with van der Waals surface area (Å²) in [6, 6.07) is 26.9. The fourth-order valence-electron chi connectivity index (χ4n) is 3.93. The molecular formula is C29H29N3O6S2. The molecule has 4 rings (SSSR count). The zero-order valence-electron chi connectivity index (χ0n) is 21.9. The van der Waals surface area contributed by atoms with E-state index in [2.05, 4.69) is 10.0 Å². The summed E-state index contributed by atoms with van der Waals surface area (Å²) in [5.41, 5.74) is 1.86. The molecule has 0 saturated heterocycles. The SMILES string of the molecule is CCOc1ccccc1N(CC(=O)Nc1ccc(S(=O)(=O)Nc2cccc(C)c2)cc1)S(=O)(=O)c1ccccc1. The van der Waals surface area contributed by atoms with Gasteiger partial charge in [0.15, 0.2) is 0 Å². The van der Waals surface area contributed by atoms with Gasteiger partial charge in [-0.1, -0.05) is 42.5 Å². The number of nitrogens with one attached hydrogen (secondary N) is 2. The minimum Gasteiger partial charge on any atom is -0.492 e. The molecule has 0 radical (unpaired) electrons. The summed E-state index contributed by atoms with van der Waals surface area (Å²) in [4.78, 5) is 13.1. The van der Waals surface area contributed by atoms with Gasteiger partial charge in [-0.05, 0) is 80.1 Å². The first-order valence-electron chi connectivity index (χ1n) is 12.4. The Morgan fingerprint density at radius 3 is 2.12 bits per heavy atom. The Morgan fingerprint density at radius 2 is 1.45 bits per heavy atom. The lowest BCUT2D eigenvalue weighted by atomic mass is 10.2. The maximum absolute atomic E-state index is 13.6. The molecule has 0 aliphatic rings. The third-order valence-corrected chi connectivity index (χ3v) is 8.94. The normalized spacial score (nSPS) is 11.4. The van der Waals surface area contributed by atoms with Crippen LogP contribution in [-0.4, -0.2) is 35.9 Å². The molecule has 0 heterocycles. The van der Waals surface area contributed by atoms with Crippen LogP contribution in [0.3, 0.4) is 0 Å². The highest BCUT2D eigenvalue weighted by Gasteiger charge is 2.29. The summed E-state index contributed by atoms with van der Waals surface area (Å²) in [7, 11) is -7.99.